The summed E-state index contributed by atoms with van der Waals surface area (Å²) in [5.74, 6) is 0.641. The van der Waals surface area contributed by atoms with Gasteiger partial charge in [-0.05, 0) is 26.0 Å². The van der Waals surface area contributed by atoms with Gasteiger partial charge >= 0.3 is 11.9 Å². The molecule has 1 aromatic rings. The Labute approximate surface area is 190 Å². The predicted molar refractivity (Wildman–Crippen MR) is 120 cm³/mol. The molecule has 2 aliphatic heterocycles. The smallest absolute Gasteiger partial charge is 0.326 e. The Morgan fingerprint density at radius 1 is 1.26 bits per heavy atom. The van der Waals surface area contributed by atoms with Gasteiger partial charge in [0.05, 0.1) is 16.7 Å². The number of carboxylic acids is 1. The second kappa shape index (κ2) is 10.6. The van der Waals surface area contributed by atoms with Crippen molar-refractivity contribution in [3.63, 3.8) is 0 Å². The lowest BCUT2D eigenvalue weighted by molar-refractivity contribution is -0.150. The molecule has 0 aromatic heterocycles. The number of rotatable bonds is 9. The second-order valence-corrected chi connectivity index (χ2v) is 10.7. The molecule has 1 spiro atoms. The Balaban J connectivity index is 1.67. The van der Waals surface area contributed by atoms with Crippen LogP contribution in [0.2, 0.25) is 0 Å². The average Bonchev–Trinajstić information content (AvgIpc) is 3.38. The lowest BCUT2D eigenvalue weighted by atomic mass is 10.2. The lowest BCUT2D eigenvalue weighted by Crippen LogP contribution is -2.54. The number of likely N-dealkylation sites (tertiary alicyclic amines) is 1. The van der Waals surface area contributed by atoms with E-state index < -0.39 is 30.1 Å². The minimum Gasteiger partial charge on any atom is -0.491 e. The van der Waals surface area contributed by atoms with Crippen molar-refractivity contribution in [2.45, 2.75) is 42.5 Å². The third-order valence-electron chi connectivity index (χ3n) is 5.23. The van der Waals surface area contributed by atoms with Crippen molar-refractivity contribution in [3.05, 3.63) is 30.3 Å². The van der Waals surface area contributed by atoms with E-state index in [1.807, 2.05) is 18.2 Å². The highest BCUT2D eigenvalue weighted by molar-refractivity contribution is 8.21. The van der Waals surface area contributed by atoms with Crippen LogP contribution in [0.3, 0.4) is 0 Å². The molecule has 1 aromatic carbocycles. The van der Waals surface area contributed by atoms with Crippen LogP contribution in [0.25, 0.3) is 0 Å². The van der Waals surface area contributed by atoms with Crippen molar-refractivity contribution in [1.29, 1.82) is 0 Å². The van der Waals surface area contributed by atoms with Gasteiger partial charge in [0.15, 0.2) is 0 Å². The van der Waals surface area contributed by atoms with Crippen molar-refractivity contribution in [2.24, 2.45) is 0 Å². The van der Waals surface area contributed by atoms with E-state index in [0.717, 1.165) is 11.5 Å². The maximum atomic E-state index is 13.2. The molecule has 0 radical (unpaired) electrons. The third-order valence-corrected chi connectivity index (χ3v) is 8.65. The summed E-state index contributed by atoms with van der Waals surface area (Å²) in [5.41, 5.74) is 0. The van der Waals surface area contributed by atoms with Crippen LogP contribution >= 0.6 is 23.5 Å². The van der Waals surface area contributed by atoms with E-state index in [4.69, 9.17) is 9.47 Å². The number of thioether (sulfide) groups is 2. The second-order valence-electron chi connectivity index (χ2n) is 7.45. The van der Waals surface area contributed by atoms with Gasteiger partial charge in [-0.1, -0.05) is 18.2 Å². The highest BCUT2D eigenvalue weighted by Crippen LogP contribution is 2.51. The standard InChI is InChI=1S/C21H28N2O6S2/c1-3-28-20(27)16(12-29-15-7-5-4-6-8-15)22-14(2)18(24)23-13-21(30-9-10-31-21)11-17(23)19(25)26/h4-8,14,16-17,22H,3,9-13H2,1-2H3,(H,25,26)/t14-,16-,17?/m0/s1. The number of esters is 1. The van der Waals surface area contributed by atoms with Crippen molar-refractivity contribution < 1.29 is 29.0 Å². The minimum atomic E-state index is -1.00. The Bertz CT molecular complexity index is 787. The van der Waals surface area contributed by atoms with Crippen LogP contribution < -0.4 is 10.1 Å². The number of para-hydroxylation sites is 1. The molecule has 10 heteroatoms. The van der Waals surface area contributed by atoms with Gasteiger partial charge < -0.3 is 19.5 Å². The number of carboxylic acid groups (broad SMARTS) is 1. The molecular formula is C21H28N2O6S2. The molecule has 0 aliphatic carbocycles. The molecular weight excluding hydrogens is 440 g/mol. The summed E-state index contributed by atoms with van der Waals surface area (Å²) in [6, 6.07) is 6.54. The summed E-state index contributed by atoms with van der Waals surface area (Å²) in [6.07, 6.45) is 0.425. The molecule has 1 amide bonds. The first-order valence-corrected chi connectivity index (χ1v) is 12.2. The van der Waals surface area contributed by atoms with Crippen molar-refractivity contribution >= 4 is 41.4 Å². The highest BCUT2D eigenvalue weighted by Gasteiger charge is 2.52. The lowest BCUT2D eigenvalue weighted by Gasteiger charge is -2.28. The molecule has 3 atom stereocenters. The Hall–Kier alpha value is -1.91. The fourth-order valence-electron chi connectivity index (χ4n) is 3.74. The summed E-state index contributed by atoms with van der Waals surface area (Å²) in [4.78, 5) is 38.9. The minimum absolute atomic E-state index is 0.0154. The SMILES string of the molecule is CCOC(=O)[C@H](COc1ccccc1)N[C@@H](C)C(=O)N1CC2(CC1C(=O)O)SCCS2. The normalized spacial score (nSPS) is 21.6. The number of amides is 1. The largest absolute Gasteiger partial charge is 0.491 e. The molecule has 31 heavy (non-hydrogen) atoms. The van der Waals surface area contributed by atoms with E-state index in [1.54, 1.807) is 49.5 Å². The van der Waals surface area contributed by atoms with E-state index in [1.165, 1.54) is 4.90 Å². The molecule has 170 valence electrons. The molecule has 8 nitrogen and oxygen atoms in total. The molecule has 2 N–H and O–H groups in total. The first-order valence-electron chi connectivity index (χ1n) is 10.3. The number of aliphatic carboxylic acids is 1. The van der Waals surface area contributed by atoms with E-state index in [0.29, 0.717) is 18.7 Å². The number of hydrogen-bond acceptors (Lipinski definition) is 8. The zero-order valence-corrected chi connectivity index (χ0v) is 19.2. The Kier molecular flexibility index (Phi) is 8.12. The summed E-state index contributed by atoms with van der Waals surface area (Å²) in [6.45, 7) is 3.91. The van der Waals surface area contributed by atoms with Gasteiger partial charge in [0.1, 0.15) is 24.4 Å². The first kappa shape index (κ1) is 23.7. The quantitative estimate of drug-likeness (QED) is 0.525. The summed E-state index contributed by atoms with van der Waals surface area (Å²) >= 11 is 3.46. The van der Waals surface area contributed by atoms with Crippen LogP contribution in [0.4, 0.5) is 0 Å². The van der Waals surface area contributed by atoms with Crippen LogP contribution in [-0.4, -0.2) is 81.3 Å². The van der Waals surface area contributed by atoms with Gasteiger partial charge in [-0.3, -0.25) is 14.9 Å². The maximum Gasteiger partial charge on any atom is 0.326 e. The average molecular weight is 469 g/mol. The van der Waals surface area contributed by atoms with Gasteiger partial charge in [-0.25, -0.2) is 4.79 Å². The van der Waals surface area contributed by atoms with E-state index in [9.17, 15) is 19.5 Å². The molecule has 3 rings (SSSR count). The fraction of sp³-hybridized carbons (Fsp3) is 0.571. The van der Waals surface area contributed by atoms with Gasteiger partial charge in [-0.15, -0.1) is 23.5 Å². The monoisotopic (exact) mass is 468 g/mol. The predicted octanol–water partition coefficient (Wildman–Crippen LogP) is 1.84. The molecule has 1 unspecified atom stereocenters. The topological polar surface area (TPSA) is 105 Å². The van der Waals surface area contributed by atoms with Crippen molar-refractivity contribution in [3.8, 4) is 5.75 Å². The van der Waals surface area contributed by atoms with Crippen LogP contribution in [0, 0.1) is 0 Å². The maximum absolute atomic E-state index is 13.2. The summed E-state index contributed by atoms with van der Waals surface area (Å²) in [7, 11) is 0. The number of carbonyl (C=O) groups is 3. The summed E-state index contributed by atoms with van der Waals surface area (Å²) < 4.78 is 10.6. The third kappa shape index (κ3) is 5.87. The van der Waals surface area contributed by atoms with Gasteiger partial charge in [0, 0.05) is 24.5 Å². The van der Waals surface area contributed by atoms with Gasteiger partial charge in [0.25, 0.3) is 0 Å². The zero-order valence-electron chi connectivity index (χ0n) is 17.6. The number of hydrogen-bond donors (Lipinski definition) is 2. The highest BCUT2D eigenvalue weighted by atomic mass is 32.2. The number of nitrogens with zero attached hydrogens (tertiary/aromatic N) is 1. The van der Waals surface area contributed by atoms with Crippen LogP contribution in [0.5, 0.6) is 5.75 Å². The first-order chi connectivity index (χ1) is 14.8. The summed E-state index contributed by atoms with van der Waals surface area (Å²) in [5, 5.41) is 12.7. The Morgan fingerprint density at radius 3 is 2.55 bits per heavy atom. The molecule has 2 aliphatic rings. The number of carbonyl (C=O) groups excluding carboxylic acids is 2. The van der Waals surface area contributed by atoms with Crippen LogP contribution in [0.15, 0.2) is 30.3 Å². The molecule has 0 saturated carbocycles. The van der Waals surface area contributed by atoms with E-state index in [-0.39, 0.29) is 23.2 Å². The zero-order chi connectivity index (χ0) is 22.4. The van der Waals surface area contributed by atoms with Gasteiger partial charge in [-0.2, -0.15) is 0 Å². The molecule has 0 bridgehead atoms. The number of benzene rings is 1. The van der Waals surface area contributed by atoms with Crippen LogP contribution in [-0.2, 0) is 19.1 Å². The fourth-order valence-corrected chi connectivity index (χ4v) is 7.00. The molecule has 2 saturated heterocycles. The molecule has 2 fully saturated rings. The van der Waals surface area contributed by atoms with Crippen molar-refractivity contribution in [2.75, 3.05) is 31.3 Å². The number of nitrogens with one attached hydrogen (secondary N) is 1. The number of ether oxygens (including phenoxy) is 2. The van der Waals surface area contributed by atoms with Crippen molar-refractivity contribution in [1.82, 2.24) is 10.2 Å². The van der Waals surface area contributed by atoms with E-state index >= 15 is 0 Å². The van der Waals surface area contributed by atoms with Gasteiger partial charge in [0.2, 0.25) is 5.91 Å². The molecule has 2 heterocycles. The van der Waals surface area contributed by atoms with E-state index in [2.05, 4.69) is 5.32 Å². The van der Waals surface area contributed by atoms with Crippen LogP contribution in [0.1, 0.15) is 20.3 Å². The Morgan fingerprint density at radius 2 is 1.94 bits per heavy atom.